The minimum absolute atomic E-state index is 0.00644. The van der Waals surface area contributed by atoms with Crippen LogP contribution in [0.5, 0.6) is 0 Å². The molecule has 216 valence electrons. The summed E-state index contributed by atoms with van der Waals surface area (Å²) in [6.07, 6.45) is 9.74. The molecule has 0 amide bonds. The van der Waals surface area contributed by atoms with Gasteiger partial charge in [0, 0.05) is 18.1 Å². The highest BCUT2D eigenvalue weighted by Crippen LogP contribution is 2.46. The molecule has 2 aliphatic rings. The number of hydrogen-bond acceptors (Lipinski definition) is 7. The second-order valence-corrected chi connectivity index (χ2v) is 12.4. The number of allylic oxidation sites excluding steroid dienone is 3. The number of hydrogen-bond donors (Lipinski definition) is 3. The summed E-state index contributed by atoms with van der Waals surface area (Å²) in [5.41, 5.74) is 6.14. The third kappa shape index (κ3) is 7.87. The molecule has 1 fully saturated rings. The first kappa shape index (κ1) is 31.2. The van der Waals surface area contributed by atoms with Crippen molar-refractivity contribution >= 4 is 43.9 Å². The van der Waals surface area contributed by atoms with Crippen molar-refractivity contribution in [3.63, 3.8) is 0 Å². The Bertz CT molecular complexity index is 1540. The maximum Gasteiger partial charge on any atom is 0.512 e. The lowest BCUT2D eigenvalue weighted by Gasteiger charge is -2.23. The van der Waals surface area contributed by atoms with Gasteiger partial charge in [0.2, 0.25) is 11.4 Å². The summed E-state index contributed by atoms with van der Waals surface area (Å²) in [5, 5.41) is 0. The van der Waals surface area contributed by atoms with Crippen LogP contribution in [0, 0.1) is 0 Å². The monoisotopic (exact) mass is 591 g/mol. The summed E-state index contributed by atoms with van der Waals surface area (Å²) in [6.45, 7) is 3.51. The van der Waals surface area contributed by atoms with Crippen LogP contribution in [0.4, 0.5) is 5.69 Å². The van der Waals surface area contributed by atoms with Gasteiger partial charge in [0.1, 0.15) is 5.70 Å². The Morgan fingerprint density at radius 2 is 1.73 bits per heavy atom. The number of carbonyl (C=O) groups is 1. The van der Waals surface area contributed by atoms with E-state index in [1.807, 2.05) is 30.3 Å². The van der Waals surface area contributed by atoms with E-state index in [0.717, 1.165) is 17.7 Å². The number of nitrogens with two attached hydrogens (primary N) is 1. The highest BCUT2D eigenvalue weighted by Gasteiger charge is 2.54. The number of carbonyl (C=O) groups excluding carboxylic acids is 1. The van der Waals surface area contributed by atoms with Crippen LogP contribution in [0.15, 0.2) is 71.3 Å². The van der Waals surface area contributed by atoms with E-state index in [0.29, 0.717) is 3.98 Å². The summed E-state index contributed by atoms with van der Waals surface area (Å²) < 4.78 is 74.2. The average Bonchev–Trinajstić information content (AvgIpc) is 3.73. The topological polar surface area (TPSA) is 164 Å². The first-order valence-electron chi connectivity index (χ1n) is 12.9. The van der Waals surface area contributed by atoms with Crippen molar-refractivity contribution in [1.82, 2.24) is 0 Å². The largest absolute Gasteiger partial charge is 0.512 e. The van der Waals surface area contributed by atoms with Gasteiger partial charge in [0.25, 0.3) is 10.1 Å². The molecule has 1 atom stereocenters. The lowest BCUT2D eigenvalue weighted by molar-refractivity contribution is -0.270. The molecule has 40 heavy (non-hydrogen) atoms. The molecule has 0 aromatic heterocycles. The predicted octanol–water partition coefficient (Wildman–Crippen LogP) is 4.55. The lowest BCUT2D eigenvalue weighted by Crippen LogP contribution is -2.38. The molecule has 2 aromatic carbocycles. The lowest BCUT2D eigenvalue weighted by atomic mass is 9.74. The zero-order valence-corrected chi connectivity index (χ0v) is 24.1. The summed E-state index contributed by atoms with van der Waals surface area (Å²) in [5.74, 6) is -0.446. The van der Waals surface area contributed by atoms with Crippen molar-refractivity contribution < 1.29 is 39.5 Å². The third-order valence-electron chi connectivity index (χ3n) is 6.39. The third-order valence-corrected chi connectivity index (χ3v) is 8.08. The van der Waals surface area contributed by atoms with E-state index in [2.05, 4.69) is 0 Å². The van der Waals surface area contributed by atoms with Gasteiger partial charge >= 0.3 is 16.3 Å². The second kappa shape index (κ2) is 12.9. The quantitative estimate of drug-likeness (QED) is 0.156. The highest BCUT2D eigenvalue weighted by molar-refractivity contribution is 7.85. The molecule has 0 bridgehead atoms. The first-order valence-corrected chi connectivity index (χ1v) is 15.7. The van der Waals surface area contributed by atoms with E-state index >= 15 is 0 Å². The second-order valence-electron chi connectivity index (χ2n) is 9.69. The van der Waals surface area contributed by atoms with E-state index < -0.39 is 36.7 Å². The molecule has 1 aliphatic carbocycles. The van der Waals surface area contributed by atoms with Crippen molar-refractivity contribution in [2.24, 2.45) is 5.73 Å². The molecule has 4 N–H and O–H groups in total. The number of benzene rings is 2. The molecular formula is C28H35N2O8S2+. The Morgan fingerprint density at radius 3 is 2.27 bits per heavy atom. The average molecular weight is 592 g/mol. The summed E-state index contributed by atoms with van der Waals surface area (Å²) >= 11 is 0. The van der Waals surface area contributed by atoms with Crippen molar-refractivity contribution in [2.75, 3.05) is 6.61 Å². The summed E-state index contributed by atoms with van der Waals surface area (Å²) in [4.78, 5) is 11.5. The molecule has 1 aliphatic heterocycles. The molecular weight excluding hydrogens is 556 g/mol. The Hall–Kier alpha value is -3.32. The molecule has 0 radical (unpaired) electrons. The van der Waals surface area contributed by atoms with Gasteiger partial charge in [-0.05, 0) is 50.5 Å². The Labute approximate surface area is 235 Å². The summed E-state index contributed by atoms with van der Waals surface area (Å²) in [6, 6.07) is 12.6. The fourth-order valence-electron chi connectivity index (χ4n) is 4.42. The van der Waals surface area contributed by atoms with Crippen LogP contribution in [0.25, 0.3) is 6.08 Å². The van der Waals surface area contributed by atoms with Crippen LogP contribution in [0.1, 0.15) is 63.5 Å². The van der Waals surface area contributed by atoms with Crippen molar-refractivity contribution in [1.29, 1.82) is 0 Å². The Balaban J connectivity index is 0.00000137. The maximum atomic E-state index is 12.6. The first-order chi connectivity index (χ1) is 18.8. The minimum Gasteiger partial charge on any atom is -0.466 e. The van der Waals surface area contributed by atoms with Gasteiger partial charge in [-0.1, -0.05) is 65.7 Å². The fraction of sp³-hybridized carbons (Fsp3) is 0.357. The maximum absolute atomic E-state index is 12.6. The van der Waals surface area contributed by atoms with Gasteiger partial charge in [-0.2, -0.15) is 8.42 Å². The molecule has 4 rings (SSSR count). The van der Waals surface area contributed by atoms with Gasteiger partial charge in [-0.3, -0.25) is 9.35 Å². The molecule has 0 spiro atoms. The van der Waals surface area contributed by atoms with E-state index in [4.69, 9.17) is 10.5 Å². The molecule has 0 saturated heterocycles. The van der Waals surface area contributed by atoms with Gasteiger partial charge < -0.3 is 10.5 Å². The molecule has 1 unspecified atom stereocenters. The predicted molar refractivity (Wildman–Crippen MR) is 152 cm³/mol. The molecule has 12 heteroatoms. The number of nitrogens with zero attached hydrogens (tertiary/aromatic N) is 1. The highest BCUT2D eigenvalue weighted by atomic mass is 32.2. The SMILES string of the molecule is C1CC1.CCOC(=O)CCCC1(C)C(C(N)=CC=Cc2ccccc2)=[N+](S(=O)(=O)O)c2ccc(S(=O)(=O)O)cc21. The molecule has 1 heterocycles. The van der Waals surface area contributed by atoms with Gasteiger partial charge in [0.15, 0.2) is 0 Å². The minimum atomic E-state index is -4.91. The van der Waals surface area contributed by atoms with Gasteiger partial charge in [-0.25, -0.2) is 4.55 Å². The van der Waals surface area contributed by atoms with E-state index in [1.54, 1.807) is 26.0 Å². The molecule has 1 saturated carbocycles. The summed E-state index contributed by atoms with van der Waals surface area (Å²) in [7, 11) is -9.53. The van der Waals surface area contributed by atoms with Crippen LogP contribution < -0.4 is 5.73 Å². The van der Waals surface area contributed by atoms with Crippen molar-refractivity contribution in [2.45, 2.75) is 62.7 Å². The Kier molecular flexibility index (Phi) is 10.1. The van der Waals surface area contributed by atoms with Crippen LogP contribution in [0.3, 0.4) is 0 Å². The normalized spacial score (nSPS) is 18.8. The molecule has 2 aromatic rings. The van der Waals surface area contributed by atoms with Crippen LogP contribution in [-0.4, -0.2) is 48.2 Å². The zero-order valence-electron chi connectivity index (χ0n) is 22.5. The van der Waals surface area contributed by atoms with E-state index in [9.17, 15) is 30.7 Å². The van der Waals surface area contributed by atoms with Crippen molar-refractivity contribution in [3.8, 4) is 0 Å². The fourth-order valence-corrected chi connectivity index (χ4v) is 5.87. The Morgan fingerprint density at radius 1 is 1.07 bits per heavy atom. The van der Waals surface area contributed by atoms with Crippen molar-refractivity contribution in [3.05, 3.63) is 77.5 Å². The number of esters is 1. The number of fused-ring (bicyclic) bond motifs is 1. The molecule has 10 nitrogen and oxygen atoms in total. The number of rotatable bonds is 10. The smallest absolute Gasteiger partial charge is 0.466 e. The van der Waals surface area contributed by atoms with Crippen LogP contribution in [-0.2, 0) is 35.4 Å². The zero-order chi connectivity index (χ0) is 29.6. The van der Waals surface area contributed by atoms with Crippen LogP contribution in [0.2, 0.25) is 0 Å². The van der Waals surface area contributed by atoms with Crippen LogP contribution >= 0.6 is 0 Å². The standard InChI is InChI=1S/C25H28N2O8S2.C3H6/c1-3-35-23(28)13-8-16-25(2)20-17-19(36(29,30)31)14-15-22(20)27(37(32,33)34)24(25)21(26)12-7-11-18-9-5-4-6-10-18;1-2-3-1/h4-7,9-12,14-15,17H,3,8,13,16,26H2,1-2H3,(H-,29,30,31,32,33,34);1-3H2/p+1. The van der Waals surface area contributed by atoms with E-state index in [1.165, 1.54) is 31.4 Å². The van der Waals surface area contributed by atoms with Gasteiger partial charge in [0.05, 0.1) is 16.9 Å². The van der Waals surface area contributed by atoms with E-state index in [-0.39, 0.29) is 48.5 Å². The number of ether oxygens (including phenoxy) is 1. The van der Waals surface area contributed by atoms with Gasteiger partial charge in [-0.15, -0.1) is 8.42 Å².